The number of carbonyl (C=O) groups is 2. The molecule has 1 fully saturated rings. The average molecular weight is 366 g/mol. The van der Waals surface area contributed by atoms with Crippen LogP contribution in [0.25, 0.3) is 11.1 Å². The van der Waals surface area contributed by atoms with E-state index in [2.05, 4.69) is 18.1 Å². The van der Waals surface area contributed by atoms with Gasteiger partial charge in [0.15, 0.2) is 0 Å². The Balaban J connectivity index is 1.85. The summed E-state index contributed by atoms with van der Waals surface area (Å²) < 4.78 is 4.84. The first kappa shape index (κ1) is 18.6. The van der Waals surface area contributed by atoms with E-state index in [1.165, 1.54) is 24.7 Å². The molecule has 1 saturated heterocycles. The number of esters is 1. The van der Waals surface area contributed by atoms with Crippen LogP contribution in [-0.2, 0) is 14.4 Å². The Bertz CT molecular complexity index is 874. The zero-order valence-electron chi connectivity index (χ0n) is 15.6. The number of ether oxygens (including phenoxy) is 1. The van der Waals surface area contributed by atoms with Crippen molar-refractivity contribution in [2.24, 2.45) is 5.16 Å². The highest BCUT2D eigenvalue weighted by atomic mass is 16.6. The van der Waals surface area contributed by atoms with Gasteiger partial charge in [-0.1, -0.05) is 41.6 Å². The molecule has 1 aliphatic heterocycles. The second kappa shape index (κ2) is 8.03. The number of benzene rings is 2. The highest BCUT2D eigenvalue weighted by molar-refractivity contribution is 6.04. The maximum absolute atomic E-state index is 13.0. The van der Waals surface area contributed by atoms with E-state index in [1.807, 2.05) is 30.3 Å². The van der Waals surface area contributed by atoms with Gasteiger partial charge in [0, 0.05) is 12.0 Å². The number of amides is 1. The third kappa shape index (κ3) is 3.84. The smallest absolute Gasteiger partial charge is 0.329 e. The predicted octanol–water partition coefficient (Wildman–Crippen LogP) is 3.05. The van der Waals surface area contributed by atoms with Gasteiger partial charge in [-0.05, 0) is 35.7 Å². The molecule has 0 spiro atoms. The number of rotatable bonds is 4. The molecule has 1 amide bonds. The normalized spacial score (nSPS) is 17.8. The molecule has 2 aromatic rings. The van der Waals surface area contributed by atoms with Gasteiger partial charge >= 0.3 is 5.97 Å². The van der Waals surface area contributed by atoms with E-state index in [0.717, 1.165) is 11.1 Å². The number of likely N-dealkylation sites (tertiary alicyclic amines) is 1. The van der Waals surface area contributed by atoms with Crippen LogP contribution < -0.4 is 0 Å². The van der Waals surface area contributed by atoms with Crippen molar-refractivity contribution >= 4 is 17.6 Å². The minimum absolute atomic E-state index is 0.233. The Morgan fingerprint density at radius 1 is 1.07 bits per heavy atom. The molecule has 6 nitrogen and oxygen atoms in total. The molecule has 140 valence electrons. The largest absolute Gasteiger partial charge is 0.467 e. The van der Waals surface area contributed by atoms with Crippen LogP contribution in [0.3, 0.4) is 0 Å². The summed E-state index contributed by atoms with van der Waals surface area (Å²) in [5.41, 5.74) is 4.48. The molecule has 6 heteroatoms. The fraction of sp³-hybridized carbons (Fsp3) is 0.286. The lowest BCUT2D eigenvalue weighted by Gasteiger charge is -2.22. The van der Waals surface area contributed by atoms with Crippen LogP contribution in [0.4, 0.5) is 0 Å². The number of carbonyl (C=O) groups excluding carboxylic acids is 2. The van der Waals surface area contributed by atoms with Crippen molar-refractivity contribution < 1.29 is 19.2 Å². The number of aryl methyl sites for hydroxylation is 1. The molecule has 0 bridgehead atoms. The van der Waals surface area contributed by atoms with Gasteiger partial charge in [0.2, 0.25) is 0 Å². The van der Waals surface area contributed by atoms with Crippen molar-refractivity contribution in [2.75, 3.05) is 20.8 Å². The Morgan fingerprint density at radius 2 is 1.78 bits per heavy atom. The van der Waals surface area contributed by atoms with Gasteiger partial charge in [-0.3, -0.25) is 4.79 Å². The molecule has 2 aromatic carbocycles. The summed E-state index contributed by atoms with van der Waals surface area (Å²) in [6, 6.07) is 14.8. The highest BCUT2D eigenvalue weighted by Gasteiger charge is 2.39. The molecule has 1 atom stereocenters. The average Bonchev–Trinajstić information content (AvgIpc) is 3.11. The van der Waals surface area contributed by atoms with Crippen molar-refractivity contribution in [1.82, 2.24) is 4.90 Å². The van der Waals surface area contributed by atoms with E-state index in [1.54, 1.807) is 12.1 Å². The van der Waals surface area contributed by atoms with Gasteiger partial charge < -0.3 is 14.5 Å². The summed E-state index contributed by atoms with van der Waals surface area (Å²) >= 11 is 0. The van der Waals surface area contributed by atoms with Crippen LogP contribution in [0.5, 0.6) is 0 Å². The van der Waals surface area contributed by atoms with Crippen molar-refractivity contribution in [3.05, 3.63) is 59.7 Å². The minimum Gasteiger partial charge on any atom is -0.467 e. The quantitative estimate of drug-likeness (QED) is 0.616. The Labute approximate surface area is 158 Å². The Morgan fingerprint density at radius 3 is 2.41 bits per heavy atom. The van der Waals surface area contributed by atoms with Gasteiger partial charge in [0.1, 0.15) is 13.2 Å². The third-order valence-electron chi connectivity index (χ3n) is 4.70. The van der Waals surface area contributed by atoms with E-state index in [0.29, 0.717) is 17.7 Å². The summed E-state index contributed by atoms with van der Waals surface area (Å²) in [7, 11) is 2.75. The van der Waals surface area contributed by atoms with E-state index in [4.69, 9.17) is 9.57 Å². The molecule has 27 heavy (non-hydrogen) atoms. The SMILES string of the molecule is CO/N=C1\CC(C(=O)OC)N(C(=O)c2ccc(-c3ccccc3C)cc2)C1. The van der Waals surface area contributed by atoms with Crippen molar-refractivity contribution in [2.45, 2.75) is 19.4 Å². The maximum Gasteiger partial charge on any atom is 0.329 e. The molecule has 3 rings (SSSR count). The van der Waals surface area contributed by atoms with Gasteiger partial charge in [-0.2, -0.15) is 0 Å². The molecule has 0 saturated carbocycles. The van der Waals surface area contributed by atoms with Crippen LogP contribution in [0, 0.1) is 6.92 Å². The summed E-state index contributed by atoms with van der Waals surface area (Å²) in [6.07, 6.45) is 0.313. The molecule has 0 radical (unpaired) electrons. The maximum atomic E-state index is 13.0. The van der Waals surface area contributed by atoms with Crippen LogP contribution in [0.1, 0.15) is 22.3 Å². The fourth-order valence-electron chi connectivity index (χ4n) is 3.31. The lowest BCUT2D eigenvalue weighted by atomic mass is 9.99. The third-order valence-corrected chi connectivity index (χ3v) is 4.70. The van der Waals surface area contributed by atoms with Gasteiger partial charge in [-0.15, -0.1) is 0 Å². The minimum atomic E-state index is -0.688. The topological polar surface area (TPSA) is 68.2 Å². The van der Waals surface area contributed by atoms with Crippen LogP contribution in [0.2, 0.25) is 0 Å². The number of oxime groups is 1. The predicted molar refractivity (Wildman–Crippen MR) is 103 cm³/mol. The van der Waals surface area contributed by atoms with Crippen LogP contribution in [0.15, 0.2) is 53.7 Å². The summed E-state index contributed by atoms with van der Waals surface area (Å²) in [6.45, 7) is 2.29. The standard InChI is InChI=1S/C21H22N2O4/c1-14-6-4-5-7-18(14)15-8-10-16(11-9-15)20(24)23-13-17(22-27-3)12-19(23)21(25)26-2/h4-11,19H,12-13H2,1-3H3/b22-17+. The molecule has 1 aliphatic rings. The number of methoxy groups -OCH3 is 1. The highest BCUT2D eigenvalue weighted by Crippen LogP contribution is 2.25. The molecular weight excluding hydrogens is 344 g/mol. The van der Waals surface area contributed by atoms with E-state index in [-0.39, 0.29) is 12.5 Å². The van der Waals surface area contributed by atoms with Crippen molar-refractivity contribution in [3.8, 4) is 11.1 Å². The monoisotopic (exact) mass is 366 g/mol. The lowest BCUT2D eigenvalue weighted by Crippen LogP contribution is -2.41. The second-order valence-electron chi connectivity index (χ2n) is 6.41. The van der Waals surface area contributed by atoms with Gasteiger partial charge in [-0.25, -0.2) is 4.79 Å². The Kier molecular flexibility index (Phi) is 5.54. The molecule has 0 aromatic heterocycles. The second-order valence-corrected chi connectivity index (χ2v) is 6.41. The molecule has 0 aliphatic carbocycles. The first-order valence-electron chi connectivity index (χ1n) is 8.69. The molecular formula is C21H22N2O4. The lowest BCUT2D eigenvalue weighted by molar-refractivity contribution is -0.145. The first-order valence-corrected chi connectivity index (χ1v) is 8.69. The number of nitrogens with zero attached hydrogens (tertiary/aromatic N) is 2. The van der Waals surface area contributed by atoms with E-state index < -0.39 is 12.0 Å². The molecule has 1 unspecified atom stereocenters. The number of hydrogen-bond donors (Lipinski definition) is 0. The van der Waals surface area contributed by atoms with E-state index >= 15 is 0 Å². The summed E-state index contributed by atoms with van der Waals surface area (Å²) in [5, 5.41) is 3.90. The van der Waals surface area contributed by atoms with Gasteiger partial charge in [0.05, 0.1) is 19.4 Å². The molecule has 0 N–H and O–H groups in total. The number of hydrogen-bond acceptors (Lipinski definition) is 5. The van der Waals surface area contributed by atoms with Crippen LogP contribution >= 0.6 is 0 Å². The zero-order chi connectivity index (χ0) is 19.4. The fourth-order valence-corrected chi connectivity index (χ4v) is 3.31. The van der Waals surface area contributed by atoms with Crippen LogP contribution in [-0.4, -0.2) is 49.3 Å². The zero-order valence-corrected chi connectivity index (χ0v) is 15.6. The first-order chi connectivity index (χ1) is 13.0. The summed E-state index contributed by atoms with van der Waals surface area (Å²) in [4.78, 5) is 31.3. The molecule has 1 heterocycles. The van der Waals surface area contributed by atoms with Crippen molar-refractivity contribution in [1.29, 1.82) is 0 Å². The van der Waals surface area contributed by atoms with Gasteiger partial charge in [0.25, 0.3) is 5.91 Å². The van der Waals surface area contributed by atoms with Crippen molar-refractivity contribution in [3.63, 3.8) is 0 Å². The Hall–Kier alpha value is -3.15. The van der Waals surface area contributed by atoms with E-state index in [9.17, 15) is 9.59 Å². The summed E-state index contributed by atoms with van der Waals surface area (Å²) in [5.74, 6) is -0.691.